The lowest BCUT2D eigenvalue weighted by Gasteiger charge is -2.07. The topological polar surface area (TPSA) is 43.6 Å². The molecule has 16 heavy (non-hydrogen) atoms. The fraction of sp³-hybridized carbons (Fsp3) is 0.583. The van der Waals surface area contributed by atoms with Crippen LogP contribution in [0.1, 0.15) is 51.2 Å². The van der Waals surface area contributed by atoms with E-state index in [1.54, 1.807) is 0 Å². The van der Waals surface area contributed by atoms with Crippen molar-refractivity contribution in [1.82, 2.24) is 19.7 Å². The minimum atomic E-state index is 0.338. The molecular formula is C12H18N4. The van der Waals surface area contributed by atoms with E-state index in [1.807, 2.05) is 17.8 Å². The Bertz CT molecular complexity index is 511. The molecule has 2 heterocycles. The molecule has 0 aliphatic heterocycles. The summed E-state index contributed by atoms with van der Waals surface area (Å²) in [4.78, 5) is 8.97. The molecule has 0 fully saturated rings. The van der Waals surface area contributed by atoms with Crippen LogP contribution in [0, 0.1) is 6.92 Å². The highest BCUT2D eigenvalue weighted by Gasteiger charge is 2.13. The van der Waals surface area contributed by atoms with E-state index in [2.05, 4.69) is 42.8 Å². The molecule has 4 nitrogen and oxygen atoms in total. The van der Waals surface area contributed by atoms with Gasteiger partial charge in [0.1, 0.15) is 16.9 Å². The van der Waals surface area contributed by atoms with E-state index in [0.717, 1.165) is 22.6 Å². The molecule has 0 aliphatic carbocycles. The van der Waals surface area contributed by atoms with Crippen molar-refractivity contribution in [3.63, 3.8) is 0 Å². The zero-order valence-corrected chi connectivity index (χ0v) is 10.5. The summed E-state index contributed by atoms with van der Waals surface area (Å²) in [5.74, 6) is 1.24. The maximum absolute atomic E-state index is 4.58. The van der Waals surface area contributed by atoms with E-state index in [4.69, 9.17) is 0 Å². The Labute approximate surface area is 95.7 Å². The number of rotatable bonds is 2. The molecule has 0 aliphatic rings. The van der Waals surface area contributed by atoms with Crippen LogP contribution in [-0.2, 0) is 0 Å². The fourth-order valence-electron chi connectivity index (χ4n) is 1.76. The van der Waals surface area contributed by atoms with Gasteiger partial charge in [-0.1, -0.05) is 13.8 Å². The molecule has 0 aromatic carbocycles. The molecule has 0 saturated heterocycles. The SMILES string of the molecule is Cc1nn(C(C)C)c2cnc(C(C)C)nc12. The van der Waals surface area contributed by atoms with Crippen LogP contribution in [0.4, 0.5) is 0 Å². The van der Waals surface area contributed by atoms with E-state index in [1.165, 1.54) is 0 Å². The zero-order chi connectivity index (χ0) is 11.9. The second-order valence-corrected chi connectivity index (χ2v) is 4.74. The third kappa shape index (κ3) is 1.68. The van der Waals surface area contributed by atoms with Crippen LogP contribution in [0.15, 0.2) is 6.20 Å². The first-order chi connectivity index (χ1) is 7.50. The molecule has 2 aromatic rings. The Hall–Kier alpha value is -1.45. The monoisotopic (exact) mass is 218 g/mol. The third-order valence-electron chi connectivity index (χ3n) is 2.64. The number of fused-ring (bicyclic) bond motifs is 1. The van der Waals surface area contributed by atoms with Crippen molar-refractivity contribution in [3.05, 3.63) is 17.7 Å². The summed E-state index contributed by atoms with van der Waals surface area (Å²) in [6.45, 7) is 10.4. The largest absolute Gasteiger partial charge is 0.259 e. The summed E-state index contributed by atoms with van der Waals surface area (Å²) in [6, 6.07) is 0.338. The van der Waals surface area contributed by atoms with Crippen LogP contribution in [0.3, 0.4) is 0 Å². The minimum Gasteiger partial charge on any atom is -0.259 e. The van der Waals surface area contributed by atoms with Crippen LogP contribution < -0.4 is 0 Å². The van der Waals surface area contributed by atoms with Gasteiger partial charge in [0.25, 0.3) is 0 Å². The van der Waals surface area contributed by atoms with Gasteiger partial charge in [-0.15, -0.1) is 0 Å². The molecule has 0 N–H and O–H groups in total. The highest BCUT2D eigenvalue weighted by atomic mass is 15.3. The van der Waals surface area contributed by atoms with Crippen LogP contribution in [-0.4, -0.2) is 19.7 Å². The van der Waals surface area contributed by atoms with Crippen molar-refractivity contribution in [3.8, 4) is 0 Å². The van der Waals surface area contributed by atoms with Crippen LogP contribution >= 0.6 is 0 Å². The predicted octanol–water partition coefficient (Wildman–Crippen LogP) is 2.84. The van der Waals surface area contributed by atoms with Crippen LogP contribution in [0.2, 0.25) is 0 Å². The quantitative estimate of drug-likeness (QED) is 0.778. The number of nitrogens with zero attached hydrogens (tertiary/aromatic N) is 4. The van der Waals surface area contributed by atoms with Gasteiger partial charge in [-0.05, 0) is 20.8 Å². The first kappa shape index (κ1) is 11.0. The summed E-state index contributed by atoms with van der Waals surface area (Å²) in [7, 11) is 0. The second-order valence-electron chi connectivity index (χ2n) is 4.74. The van der Waals surface area contributed by atoms with Crippen molar-refractivity contribution in [2.24, 2.45) is 0 Å². The fourth-order valence-corrected chi connectivity index (χ4v) is 1.76. The van der Waals surface area contributed by atoms with Crippen molar-refractivity contribution < 1.29 is 0 Å². The lowest BCUT2D eigenvalue weighted by molar-refractivity contribution is 0.546. The molecule has 0 atom stereocenters. The molecule has 0 bridgehead atoms. The van der Waals surface area contributed by atoms with Gasteiger partial charge in [-0.25, -0.2) is 9.97 Å². The smallest absolute Gasteiger partial charge is 0.131 e. The number of aryl methyl sites for hydroxylation is 1. The van der Waals surface area contributed by atoms with E-state index >= 15 is 0 Å². The minimum absolute atomic E-state index is 0.338. The average Bonchev–Trinajstić information content (AvgIpc) is 2.56. The molecule has 2 aromatic heterocycles. The van der Waals surface area contributed by atoms with Crippen molar-refractivity contribution in [2.45, 2.75) is 46.6 Å². The summed E-state index contributed by atoms with van der Waals surface area (Å²) in [6.07, 6.45) is 1.89. The van der Waals surface area contributed by atoms with Gasteiger partial charge >= 0.3 is 0 Å². The molecule has 0 radical (unpaired) electrons. The highest BCUT2D eigenvalue weighted by Crippen LogP contribution is 2.20. The molecule has 0 saturated carbocycles. The summed E-state index contributed by atoms with van der Waals surface area (Å²) in [5.41, 5.74) is 2.98. The Morgan fingerprint density at radius 3 is 2.44 bits per heavy atom. The van der Waals surface area contributed by atoms with Gasteiger partial charge in [0.2, 0.25) is 0 Å². The van der Waals surface area contributed by atoms with Crippen LogP contribution in [0.5, 0.6) is 0 Å². The second kappa shape index (κ2) is 3.85. The van der Waals surface area contributed by atoms with E-state index < -0.39 is 0 Å². The van der Waals surface area contributed by atoms with Gasteiger partial charge in [-0.3, -0.25) is 4.68 Å². The average molecular weight is 218 g/mol. The molecule has 0 unspecified atom stereocenters. The Morgan fingerprint density at radius 1 is 1.19 bits per heavy atom. The van der Waals surface area contributed by atoms with Crippen molar-refractivity contribution >= 4 is 11.0 Å². The highest BCUT2D eigenvalue weighted by molar-refractivity contribution is 5.76. The van der Waals surface area contributed by atoms with E-state index in [9.17, 15) is 0 Å². The number of hydrogen-bond acceptors (Lipinski definition) is 3. The number of aromatic nitrogens is 4. The lowest BCUT2D eigenvalue weighted by atomic mass is 10.2. The molecule has 86 valence electrons. The summed E-state index contributed by atoms with van der Waals surface area (Å²) < 4.78 is 1.98. The Morgan fingerprint density at radius 2 is 1.88 bits per heavy atom. The first-order valence-corrected chi connectivity index (χ1v) is 5.72. The molecule has 0 spiro atoms. The van der Waals surface area contributed by atoms with Crippen molar-refractivity contribution in [1.29, 1.82) is 0 Å². The van der Waals surface area contributed by atoms with Crippen LogP contribution in [0.25, 0.3) is 11.0 Å². The van der Waals surface area contributed by atoms with Gasteiger partial charge in [0.15, 0.2) is 0 Å². The van der Waals surface area contributed by atoms with Crippen molar-refractivity contribution in [2.75, 3.05) is 0 Å². The maximum atomic E-state index is 4.58. The van der Waals surface area contributed by atoms with Gasteiger partial charge in [0, 0.05) is 12.0 Å². The number of hydrogen-bond donors (Lipinski definition) is 0. The summed E-state index contributed by atoms with van der Waals surface area (Å²) in [5, 5.41) is 4.50. The first-order valence-electron chi connectivity index (χ1n) is 5.72. The molecular weight excluding hydrogens is 200 g/mol. The standard InChI is InChI=1S/C12H18N4/c1-7(2)12-13-6-10-11(14-12)9(5)15-16(10)8(3)4/h6-8H,1-5H3. The Balaban J connectivity index is 2.67. The molecule has 4 heteroatoms. The molecule has 0 amide bonds. The van der Waals surface area contributed by atoms with E-state index in [0.29, 0.717) is 12.0 Å². The lowest BCUT2D eigenvalue weighted by Crippen LogP contribution is -2.03. The summed E-state index contributed by atoms with van der Waals surface area (Å²) >= 11 is 0. The van der Waals surface area contributed by atoms with E-state index in [-0.39, 0.29) is 0 Å². The third-order valence-corrected chi connectivity index (χ3v) is 2.64. The van der Waals surface area contributed by atoms with Gasteiger partial charge in [-0.2, -0.15) is 5.10 Å². The van der Waals surface area contributed by atoms with Gasteiger partial charge < -0.3 is 0 Å². The van der Waals surface area contributed by atoms with Gasteiger partial charge in [0.05, 0.1) is 11.9 Å². The Kier molecular flexibility index (Phi) is 2.66. The normalized spacial score (nSPS) is 11.9. The zero-order valence-electron chi connectivity index (χ0n) is 10.5. The predicted molar refractivity (Wildman–Crippen MR) is 64.5 cm³/mol. The maximum Gasteiger partial charge on any atom is 0.131 e. The molecule has 2 rings (SSSR count).